The second-order valence-electron chi connectivity index (χ2n) is 22.3. The van der Waals surface area contributed by atoms with Crippen molar-refractivity contribution < 1.29 is 0 Å². The first-order valence-electron chi connectivity index (χ1n) is 29.2. The zero-order chi connectivity index (χ0) is 55.6. The van der Waals surface area contributed by atoms with Gasteiger partial charge in [0.2, 0.25) is 0 Å². The minimum absolute atomic E-state index is 0.102. The summed E-state index contributed by atoms with van der Waals surface area (Å²) in [7, 11) is -5.93. The van der Waals surface area contributed by atoms with Crippen molar-refractivity contribution in [3.63, 3.8) is 0 Å². The minimum Gasteiger partial charge on any atom is -0.311 e. The first-order valence-corrected chi connectivity index (χ1v) is 33.2. The number of hydrogen-bond donors (Lipinski definition) is 0. The van der Waals surface area contributed by atoms with Gasteiger partial charge in [0.25, 0.3) is 6.71 Å². The predicted molar refractivity (Wildman–Crippen MR) is 362 cm³/mol. The van der Waals surface area contributed by atoms with Crippen molar-refractivity contribution in [2.24, 2.45) is 0 Å². The maximum atomic E-state index is 2.60. The third-order valence-corrected chi connectivity index (χ3v) is 27.6. The molecule has 0 atom stereocenters. The van der Waals surface area contributed by atoms with Gasteiger partial charge in [0.15, 0.2) is 16.1 Å². The zero-order valence-electron chi connectivity index (χ0n) is 46.3. The molecular weight excluding hydrogens is 1050 g/mol. The van der Waals surface area contributed by atoms with E-state index in [4.69, 9.17) is 0 Å². The van der Waals surface area contributed by atoms with E-state index in [0.717, 1.165) is 28.4 Å². The standard InChI is InChI=1S/C78H56BN3Si2/c1-8-29-57(30-9-1)80-75-56-67(84(63-38-16-5-17-39-63,64-40-18-6-19-41-64)65-42-20-7-21-43-65)51-52-71(75)79-70-47-24-27-50-74(70)81(77-55-59(54-76(80)78(77)79)82-72-48-25-22-45-68(72)69-46-23-26-49-73(69)82)58-31-28-44-66(53-58)83(60-32-10-2-11-33-60,61-34-12-3-13-35-61)62-36-14-4-15-37-62/h1-56H. The first-order chi connectivity index (χ1) is 41.7. The van der Waals surface area contributed by atoms with Gasteiger partial charge in [-0.1, -0.05) is 279 Å². The van der Waals surface area contributed by atoms with Crippen LogP contribution in [0.2, 0.25) is 0 Å². The smallest absolute Gasteiger partial charge is 0.252 e. The average molecular weight is 1100 g/mol. The lowest BCUT2D eigenvalue weighted by atomic mass is 9.33. The lowest BCUT2D eigenvalue weighted by Crippen LogP contribution is -2.75. The van der Waals surface area contributed by atoms with Gasteiger partial charge in [-0.2, -0.15) is 0 Å². The SMILES string of the molecule is c1ccc(N2c3cc([Si](c4ccccc4)(c4ccccc4)c4ccccc4)ccc3B3c4ccccc4N(c4cccc([Si](c5ccccc5)(c5ccccc5)c5ccccc5)c4)c4cc(-n5c6ccccc6c6ccccc65)cc2c43)cc1. The highest BCUT2D eigenvalue weighted by Crippen LogP contribution is 2.46. The van der Waals surface area contributed by atoms with Crippen molar-refractivity contribution in [1.82, 2.24) is 4.57 Å². The number of fused-ring (bicyclic) bond motifs is 7. The lowest BCUT2D eigenvalue weighted by Gasteiger charge is -2.45. The Morgan fingerprint density at radius 3 is 1.06 bits per heavy atom. The van der Waals surface area contributed by atoms with Gasteiger partial charge in [0, 0.05) is 44.9 Å². The molecule has 13 aromatic carbocycles. The van der Waals surface area contributed by atoms with Gasteiger partial charge >= 0.3 is 0 Å². The van der Waals surface area contributed by atoms with Crippen LogP contribution < -0.4 is 67.7 Å². The van der Waals surface area contributed by atoms with Gasteiger partial charge in [-0.3, -0.25) is 0 Å². The Hall–Kier alpha value is -10.2. The molecule has 0 radical (unpaired) electrons. The van der Waals surface area contributed by atoms with Crippen LogP contribution in [-0.4, -0.2) is 27.4 Å². The summed E-state index contributed by atoms with van der Waals surface area (Å²) in [6.45, 7) is -0.102. The molecule has 0 N–H and O–H groups in total. The van der Waals surface area contributed by atoms with E-state index in [1.807, 2.05) is 0 Å². The molecule has 3 heterocycles. The number of benzene rings is 13. The Labute approximate surface area is 493 Å². The van der Waals surface area contributed by atoms with Crippen LogP contribution in [0.1, 0.15) is 0 Å². The third kappa shape index (κ3) is 7.58. The van der Waals surface area contributed by atoms with E-state index in [1.54, 1.807) is 0 Å². The van der Waals surface area contributed by atoms with E-state index in [9.17, 15) is 0 Å². The van der Waals surface area contributed by atoms with Gasteiger partial charge in [0.05, 0.1) is 16.7 Å². The Morgan fingerprint density at radius 2 is 0.583 bits per heavy atom. The molecule has 0 saturated heterocycles. The fourth-order valence-electron chi connectivity index (χ4n) is 14.6. The molecule has 0 bridgehead atoms. The van der Waals surface area contributed by atoms with Crippen LogP contribution in [0.3, 0.4) is 0 Å². The molecule has 1 aromatic heterocycles. The molecular formula is C78H56BN3Si2. The molecule has 14 aromatic rings. The predicted octanol–water partition coefficient (Wildman–Crippen LogP) is 11.6. The van der Waals surface area contributed by atoms with Crippen LogP contribution in [0, 0.1) is 0 Å². The van der Waals surface area contributed by atoms with Crippen molar-refractivity contribution in [1.29, 1.82) is 0 Å². The van der Waals surface area contributed by atoms with Crippen molar-refractivity contribution in [2.45, 2.75) is 0 Å². The van der Waals surface area contributed by atoms with E-state index >= 15 is 0 Å². The topological polar surface area (TPSA) is 11.4 Å². The fourth-order valence-corrected chi connectivity index (χ4v) is 24.2. The van der Waals surface area contributed by atoms with Crippen LogP contribution in [0.4, 0.5) is 34.1 Å². The van der Waals surface area contributed by atoms with Crippen molar-refractivity contribution in [3.8, 4) is 5.69 Å². The number of nitrogens with zero attached hydrogens (tertiary/aromatic N) is 3. The third-order valence-electron chi connectivity index (χ3n) is 18.0. The summed E-state index contributed by atoms with van der Waals surface area (Å²) in [5, 5.41) is 13.2. The highest BCUT2D eigenvalue weighted by atomic mass is 28.3. The Balaban J connectivity index is 1.02. The highest BCUT2D eigenvalue weighted by molar-refractivity contribution is 7.20. The molecule has 2 aliphatic heterocycles. The molecule has 2 aliphatic rings. The van der Waals surface area contributed by atoms with Crippen LogP contribution in [0.25, 0.3) is 27.5 Å². The summed E-state index contributed by atoms with van der Waals surface area (Å²) >= 11 is 0. The molecule has 0 spiro atoms. The van der Waals surface area contributed by atoms with Crippen molar-refractivity contribution >= 4 is 137 Å². The van der Waals surface area contributed by atoms with Gasteiger partial charge in [0.1, 0.15) is 0 Å². The van der Waals surface area contributed by atoms with Crippen molar-refractivity contribution in [2.75, 3.05) is 9.80 Å². The Morgan fingerprint density at radius 1 is 0.226 bits per heavy atom. The molecule has 394 valence electrons. The molecule has 16 rings (SSSR count). The van der Waals surface area contributed by atoms with E-state index in [2.05, 4.69) is 354 Å². The molecule has 0 saturated carbocycles. The van der Waals surface area contributed by atoms with Gasteiger partial charge < -0.3 is 14.4 Å². The summed E-state index contributed by atoms with van der Waals surface area (Å²) in [5.41, 5.74) is 14.2. The molecule has 0 fully saturated rings. The quantitative estimate of drug-likeness (QED) is 0.0945. The van der Waals surface area contributed by atoms with E-state index in [1.165, 1.54) is 91.1 Å². The van der Waals surface area contributed by atoms with Crippen LogP contribution in [0.5, 0.6) is 0 Å². The maximum absolute atomic E-state index is 2.98. The second-order valence-corrected chi connectivity index (χ2v) is 29.9. The summed E-state index contributed by atoms with van der Waals surface area (Å²) < 4.78 is 2.51. The van der Waals surface area contributed by atoms with Gasteiger partial charge in [-0.25, -0.2) is 0 Å². The second kappa shape index (κ2) is 20.3. The minimum atomic E-state index is -2.98. The Bertz CT molecular complexity index is 4460. The largest absolute Gasteiger partial charge is 0.311 e. The summed E-state index contributed by atoms with van der Waals surface area (Å²) in [6.07, 6.45) is 0. The summed E-state index contributed by atoms with van der Waals surface area (Å²) in [6, 6.07) is 128. The van der Waals surface area contributed by atoms with E-state index in [-0.39, 0.29) is 6.71 Å². The molecule has 0 unspecified atom stereocenters. The molecule has 3 nitrogen and oxygen atoms in total. The summed E-state index contributed by atoms with van der Waals surface area (Å²) in [4.78, 5) is 5.21. The number of rotatable bonds is 11. The van der Waals surface area contributed by atoms with Gasteiger partial charge in [-0.05, 0) is 119 Å². The number of aromatic nitrogens is 1. The normalized spacial score (nSPS) is 12.7. The molecule has 0 amide bonds. The fraction of sp³-hybridized carbons (Fsp3) is 0. The number of hydrogen-bond acceptors (Lipinski definition) is 2. The zero-order valence-corrected chi connectivity index (χ0v) is 48.3. The molecule has 0 aliphatic carbocycles. The van der Waals surface area contributed by atoms with Crippen LogP contribution >= 0.6 is 0 Å². The van der Waals surface area contributed by atoms with Crippen LogP contribution in [-0.2, 0) is 0 Å². The molecule has 6 heteroatoms. The Kier molecular flexibility index (Phi) is 12.0. The lowest BCUT2D eigenvalue weighted by molar-refractivity contribution is 1.16. The van der Waals surface area contributed by atoms with Gasteiger partial charge in [-0.15, -0.1) is 0 Å². The van der Waals surface area contributed by atoms with E-state index < -0.39 is 16.1 Å². The summed E-state index contributed by atoms with van der Waals surface area (Å²) in [5.74, 6) is 0. The number of para-hydroxylation sites is 4. The van der Waals surface area contributed by atoms with Crippen molar-refractivity contribution in [3.05, 3.63) is 340 Å². The first kappa shape index (κ1) is 49.6. The monoisotopic (exact) mass is 1100 g/mol. The van der Waals surface area contributed by atoms with E-state index in [0.29, 0.717) is 0 Å². The number of anilines is 6. The molecule has 84 heavy (non-hydrogen) atoms. The average Bonchev–Trinajstić information content (AvgIpc) is 1.32. The maximum Gasteiger partial charge on any atom is 0.252 e. The van der Waals surface area contributed by atoms with Crippen LogP contribution in [0.15, 0.2) is 340 Å². The highest BCUT2D eigenvalue weighted by Gasteiger charge is 2.48.